The molecule has 0 atom stereocenters. The van der Waals surface area contributed by atoms with E-state index in [4.69, 9.17) is 16.3 Å². The van der Waals surface area contributed by atoms with Crippen molar-refractivity contribution in [2.24, 2.45) is 0 Å². The SMILES string of the molecule is O=C(CSc1n[nH]c(COc2ccc(Cl)cc2)n1)N1CCN(c2ncccn2)CC1. The van der Waals surface area contributed by atoms with Crippen LogP contribution in [0.15, 0.2) is 47.9 Å². The zero-order valence-electron chi connectivity index (χ0n) is 16.1. The Hall–Kier alpha value is -2.85. The second-order valence-corrected chi connectivity index (χ2v) is 7.89. The van der Waals surface area contributed by atoms with Gasteiger partial charge in [-0.3, -0.25) is 9.89 Å². The fourth-order valence-corrected chi connectivity index (χ4v) is 3.76. The van der Waals surface area contributed by atoms with Crippen molar-refractivity contribution in [2.45, 2.75) is 11.8 Å². The minimum absolute atomic E-state index is 0.0670. The normalized spacial score (nSPS) is 14.0. The molecule has 9 nitrogen and oxygen atoms in total. The average molecular weight is 446 g/mol. The van der Waals surface area contributed by atoms with Crippen LogP contribution in [0.3, 0.4) is 0 Å². The van der Waals surface area contributed by atoms with Crippen LogP contribution in [0.25, 0.3) is 0 Å². The molecule has 3 heterocycles. The van der Waals surface area contributed by atoms with E-state index in [2.05, 4.69) is 30.0 Å². The summed E-state index contributed by atoms with van der Waals surface area (Å²) in [6, 6.07) is 8.89. The van der Waals surface area contributed by atoms with Crippen LogP contribution in [-0.4, -0.2) is 67.9 Å². The Kier molecular flexibility index (Phi) is 6.65. The molecule has 11 heteroatoms. The van der Waals surface area contributed by atoms with Crippen LogP contribution in [0.4, 0.5) is 5.95 Å². The Morgan fingerprint density at radius 1 is 1.13 bits per heavy atom. The van der Waals surface area contributed by atoms with Gasteiger partial charge < -0.3 is 14.5 Å². The minimum atomic E-state index is 0.0670. The molecule has 1 amide bonds. The van der Waals surface area contributed by atoms with Crippen LogP contribution in [-0.2, 0) is 11.4 Å². The highest BCUT2D eigenvalue weighted by Crippen LogP contribution is 2.18. The molecule has 0 aliphatic carbocycles. The van der Waals surface area contributed by atoms with E-state index in [9.17, 15) is 4.79 Å². The lowest BCUT2D eigenvalue weighted by Gasteiger charge is -2.34. The van der Waals surface area contributed by atoms with Gasteiger partial charge in [0, 0.05) is 43.6 Å². The maximum absolute atomic E-state index is 12.5. The molecule has 0 radical (unpaired) electrons. The Labute approximate surface area is 182 Å². The summed E-state index contributed by atoms with van der Waals surface area (Å²) in [4.78, 5) is 29.3. The van der Waals surface area contributed by atoms with Gasteiger partial charge in [-0.2, -0.15) is 0 Å². The van der Waals surface area contributed by atoms with E-state index >= 15 is 0 Å². The van der Waals surface area contributed by atoms with Gasteiger partial charge in [-0.05, 0) is 30.3 Å². The summed E-state index contributed by atoms with van der Waals surface area (Å²) in [5.41, 5.74) is 0. The number of benzene rings is 1. The molecule has 0 unspecified atom stereocenters. The van der Waals surface area contributed by atoms with Gasteiger partial charge in [0.1, 0.15) is 12.4 Å². The van der Waals surface area contributed by atoms with E-state index in [1.54, 1.807) is 42.7 Å². The summed E-state index contributed by atoms with van der Waals surface area (Å²) < 4.78 is 5.64. The van der Waals surface area contributed by atoms with Gasteiger partial charge >= 0.3 is 0 Å². The number of piperazine rings is 1. The van der Waals surface area contributed by atoms with E-state index in [1.165, 1.54) is 11.8 Å². The number of rotatable bonds is 7. The maximum Gasteiger partial charge on any atom is 0.233 e. The van der Waals surface area contributed by atoms with Gasteiger partial charge in [0.25, 0.3) is 0 Å². The van der Waals surface area contributed by atoms with Crippen LogP contribution in [0.1, 0.15) is 5.82 Å². The Balaban J connectivity index is 1.20. The molecule has 0 spiro atoms. The highest BCUT2D eigenvalue weighted by molar-refractivity contribution is 7.99. The number of thioether (sulfide) groups is 1. The number of H-pyrrole nitrogens is 1. The lowest BCUT2D eigenvalue weighted by molar-refractivity contribution is -0.128. The molecule has 1 aliphatic heterocycles. The number of aromatic nitrogens is 5. The number of ether oxygens (including phenoxy) is 1. The van der Waals surface area contributed by atoms with Gasteiger partial charge in [-0.25, -0.2) is 15.0 Å². The number of anilines is 1. The number of aromatic amines is 1. The highest BCUT2D eigenvalue weighted by Gasteiger charge is 2.22. The topological polar surface area (TPSA) is 100 Å². The number of amides is 1. The molecule has 1 aliphatic rings. The van der Waals surface area contributed by atoms with Crippen LogP contribution in [0.5, 0.6) is 5.75 Å². The molecule has 1 N–H and O–H groups in total. The van der Waals surface area contributed by atoms with Gasteiger partial charge in [0.15, 0.2) is 5.82 Å². The second-order valence-electron chi connectivity index (χ2n) is 6.51. The quantitative estimate of drug-likeness (QED) is 0.553. The minimum Gasteiger partial charge on any atom is -0.486 e. The third-order valence-corrected chi connectivity index (χ3v) is 5.58. The molecule has 156 valence electrons. The number of hydrogen-bond donors (Lipinski definition) is 1. The zero-order chi connectivity index (χ0) is 20.8. The number of carbonyl (C=O) groups excluding carboxylic acids is 1. The third kappa shape index (κ3) is 5.39. The summed E-state index contributed by atoms with van der Waals surface area (Å²) >= 11 is 7.17. The van der Waals surface area contributed by atoms with Gasteiger partial charge in [0.05, 0.1) is 5.75 Å². The molecule has 0 saturated carbocycles. The van der Waals surface area contributed by atoms with E-state index in [0.29, 0.717) is 53.9 Å². The Bertz CT molecular complexity index is 963. The Morgan fingerprint density at radius 3 is 2.60 bits per heavy atom. The van der Waals surface area contributed by atoms with E-state index in [1.807, 2.05) is 4.90 Å². The van der Waals surface area contributed by atoms with Gasteiger partial charge in [0.2, 0.25) is 17.0 Å². The lowest BCUT2D eigenvalue weighted by atomic mass is 10.3. The van der Waals surface area contributed by atoms with Crippen molar-refractivity contribution in [2.75, 3.05) is 36.8 Å². The summed E-state index contributed by atoms with van der Waals surface area (Å²) in [6.07, 6.45) is 3.45. The number of halogens is 1. The van der Waals surface area contributed by atoms with Crippen molar-refractivity contribution in [1.82, 2.24) is 30.0 Å². The molecule has 1 saturated heterocycles. The fourth-order valence-electron chi connectivity index (χ4n) is 2.92. The first kappa shape index (κ1) is 20.4. The second kappa shape index (κ2) is 9.77. The van der Waals surface area contributed by atoms with Crippen LogP contribution >= 0.6 is 23.4 Å². The van der Waals surface area contributed by atoms with Crippen LogP contribution < -0.4 is 9.64 Å². The fraction of sp³-hybridized carbons (Fsp3) is 0.316. The van der Waals surface area contributed by atoms with E-state index in [-0.39, 0.29) is 18.3 Å². The molecule has 30 heavy (non-hydrogen) atoms. The predicted octanol–water partition coefficient (Wildman–Crippen LogP) is 2.27. The van der Waals surface area contributed by atoms with Crippen molar-refractivity contribution in [3.8, 4) is 5.75 Å². The van der Waals surface area contributed by atoms with Crippen LogP contribution in [0, 0.1) is 0 Å². The van der Waals surface area contributed by atoms with Crippen LogP contribution in [0.2, 0.25) is 5.02 Å². The summed E-state index contributed by atoms with van der Waals surface area (Å²) in [5, 5.41) is 8.15. The average Bonchev–Trinajstić information content (AvgIpc) is 3.26. The monoisotopic (exact) mass is 445 g/mol. The first-order valence-electron chi connectivity index (χ1n) is 9.39. The molecule has 2 aromatic heterocycles. The maximum atomic E-state index is 12.5. The van der Waals surface area contributed by atoms with Gasteiger partial charge in [-0.15, -0.1) is 5.10 Å². The summed E-state index contributed by atoms with van der Waals surface area (Å²) in [6.45, 7) is 2.98. The smallest absolute Gasteiger partial charge is 0.233 e. The molecule has 1 fully saturated rings. The lowest BCUT2D eigenvalue weighted by Crippen LogP contribution is -2.49. The zero-order valence-corrected chi connectivity index (χ0v) is 17.6. The Morgan fingerprint density at radius 2 is 1.87 bits per heavy atom. The highest BCUT2D eigenvalue weighted by atomic mass is 35.5. The molecule has 3 aromatic rings. The number of nitrogens with zero attached hydrogens (tertiary/aromatic N) is 6. The van der Waals surface area contributed by atoms with Crippen molar-refractivity contribution in [1.29, 1.82) is 0 Å². The standard InChI is InChI=1S/C19H20ClN7O2S/c20-14-2-4-15(5-3-14)29-12-16-23-19(25-24-16)30-13-17(28)26-8-10-27(11-9-26)18-21-6-1-7-22-18/h1-7H,8-13H2,(H,23,24,25). The van der Waals surface area contributed by atoms with Crippen molar-refractivity contribution in [3.05, 3.63) is 53.6 Å². The first-order chi connectivity index (χ1) is 14.7. The molecular weight excluding hydrogens is 426 g/mol. The number of hydrogen-bond acceptors (Lipinski definition) is 8. The predicted molar refractivity (Wildman–Crippen MR) is 114 cm³/mol. The largest absolute Gasteiger partial charge is 0.486 e. The summed E-state index contributed by atoms with van der Waals surface area (Å²) in [7, 11) is 0. The summed E-state index contributed by atoms with van der Waals surface area (Å²) in [5.74, 6) is 2.35. The van der Waals surface area contributed by atoms with Crippen molar-refractivity contribution >= 4 is 35.2 Å². The van der Waals surface area contributed by atoms with E-state index in [0.717, 1.165) is 0 Å². The number of nitrogens with one attached hydrogen (secondary N) is 1. The molecular formula is C19H20ClN7O2S. The van der Waals surface area contributed by atoms with Crippen molar-refractivity contribution in [3.63, 3.8) is 0 Å². The number of carbonyl (C=O) groups is 1. The molecule has 1 aromatic carbocycles. The molecule has 4 rings (SSSR count). The van der Waals surface area contributed by atoms with E-state index < -0.39 is 0 Å². The van der Waals surface area contributed by atoms with Gasteiger partial charge in [-0.1, -0.05) is 23.4 Å². The molecule has 0 bridgehead atoms. The first-order valence-corrected chi connectivity index (χ1v) is 10.8. The van der Waals surface area contributed by atoms with Crippen molar-refractivity contribution < 1.29 is 9.53 Å². The third-order valence-electron chi connectivity index (χ3n) is 4.49.